The summed E-state index contributed by atoms with van der Waals surface area (Å²) in [7, 11) is 1.68. The molecule has 6 nitrogen and oxygen atoms in total. The van der Waals surface area contributed by atoms with Crippen molar-refractivity contribution in [3.8, 4) is 0 Å². The summed E-state index contributed by atoms with van der Waals surface area (Å²) < 4.78 is 10.5. The van der Waals surface area contributed by atoms with Gasteiger partial charge in [0.2, 0.25) is 5.95 Å². The van der Waals surface area contributed by atoms with Crippen molar-refractivity contribution in [3.05, 3.63) is 11.8 Å². The van der Waals surface area contributed by atoms with Crippen molar-refractivity contribution in [2.24, 2.45) is 0 Å². The zero-order chi connectivity index (χ0) is 13.5. The highest BCUT2D eigenvalue weighted by Gasteiger charge is 2.15. The van der Waals surface area contributed by atoms with Crippen molar-refractivity contribution in [2.45, 2.75) is 20.0 Å². The van der Waals surface area contributed by atoms with E-state index in [0.29, 0.717) is 6.61 Å². The first-order valence-electron chi connectivity index (χ1n) is 6.77. The van der Waals surface area contributed by atoms with Gasteiger partial charge in [-0.1, -0.05) is 6.92 Å². The molecular weight excluding hydrogens is 244 g/mol. The quantitative estimate of drug-likeness (QED) is 0.837. The van der Waals surface area contributed by atoms with Crippen LogP contribution in [0.5, 0.6) is 0 Å². The summed E-state index contributed by atoms with van der Waals surface area (Å²) in [6.07, 6.45) is 1.07. The Morgan fingerprint density at radius 2 is 2.16 bits per heavy atom. The second-order valence-corrected chi connectivity index (χ2v) is 4.50. The average molecular weight is 266 g/mol. The molecule has 2 rings (SSSR count). The van der Waals surface area contributed by atoms with Crippen molar-refractivity contribution in [1.29, 1.82) is 0 Å². The molecule has 6 heteroatoms. The normalized spacial score (nSPS) is 15.6. The summed E-state index contributed by atoms with van der Waals surface area (Å²) in [6, 6.07) is 1.95. The highest BCUT2D eigenvalue weighted by Crippen LogP contribution is 2.16. The molecule has 1 aromatic rings. The maximum atomic E-state index is 5.36. The maximum absolute atomic E-state index is 5.36. The molecule has 1 N–H and O–H groups in total. The van der Waals surface area contributed by atoms with Crippen LogP contribution in [0.1, 0.15) is 19.0 Å². The molecule has 106 valence electrons. The lowest BCUT2D eigenvalue weighted by Gasteiger charge is -2.27. The molecule has 2 heterocycles. The Labute approximate surface area is 114 Å². The van der Waals surface area contributed by atoms with Crippen molar-refractivity contribution in [1.82, 2.24) is 9.97 Å². The fourth-order valence-electron chi connectivity index (χ4n) is 1.95. The van der Waals surface area contributed by atoms with E-state index < -0.39 is 0 Å². The molecule has 1 saturated heterocycles. The first-order chi connectivity index (χ1) is 9.33. The van der Waals surface area contributed by atoms with E-state index in [1.165, 1.54) is 0 Å². The third-order valence-corrected chi connectivity index (χ3v) is 2.91. The minimum atomic E-state index is 0.501. The number of methoxy groups -OCH3 is 1. The summed E-state index contributed by atoms with van der Waals surface area (Å²) in [5, 5.41) is 3.31. The van der Waals surface area contributed by atoms with Crippen LogP contribution in [-0.2, 0) is 16.1 Å². The maximum Gasteiger partial charge on any atom is 0.227 e. The molecule has 0 aliphatic carbocycles. The van der Waals surface area contributed by atoms with Gasteiger partial charge in [-0.3, -0.25) is 0 Å². The van der Waals surface area contributed by atoms with Crippen molar-refractivity contribution in [2.75, 3.05) is 50.2 Å². The third kappa shape index (κ3) is 4.04. The van der Waals surface area contributed by atoms with E-state index in [4.69, 9.17) is 9.47 Å². The number of aromatic nitrogens is 2. The van der Waals surface area contributed by atoms with Crippen LogP contribution in [0.3, 0.4) is 0 Å². The Kier molecular flexibility index (Phi) is 5.35. The van der Waals surface area contributed by atoms with Gasteiger partial charge in [0, 0.05) is 32.8 Å². The Morgan fingerprint density at radius 1 is 1.37 bits per heavy atom. The Bertz CT molecular complexity index is 394. The SMILES string of the molecule is CCCNc1cc(COC)nc(N2CCOCC2)n1. The Hall–Kier alpha value is -1.40. The topological polar surface area (TPSA) is 59.5 Å². The lowest BCUT2D eigenvalue weighted by molar-refractivity contribution is 0.122. The van der Waals surface area contributed by atoms with Gasteiger partial charge in [0.05, 0.1) is 25.5 Å². The molecule has 19 heavy (non-hydrogen) atoms. The van der Waals surface area contributed by atoms with E-state index in [0.717, 1.165) is 56.7 Å². The van der Waals surface area contributed by atoms with Gasteiger partial charge in [0.25, 0.3) is 0 Å². The molecule has 1 aromatic heterocycles. The van der Waals surface area contributed by atoms with Crippen LogP contribution in [0.4, 0.5) is 11.8 Å². The van der Waals surface area contributed by atoms with Gasteiger partial charge < -0.3 is 19.7 Å². The number of nitrogens with one attached hydrogen (secondary N) is 1. The van der Waals surface area contributed by atoms with Gasteiger partial charge >= 0.3 is 0 Å². The number of morpholine rings is 1. The Balaban J connectivity index is 2.17. The lowest BCUT2D eigenvalue weighted by atomic mass is 10.3. The van der Waals surface area contributed by atoms with E-state index in [1.807, 2.05) is 6.07 Å². The van der Waals surface area contributed by atoms with E-state index in [1.54, 1.807) is 7.11 Å². The molecular formula is C13H22N4O2. The van der Waals surface area contributed by atoms with Crippen LogP contribution in [-0.4, -0.2) is 49.9 Å². The summed E-state index contributed by atoms with van der Waals surface area (Å²) in [5.74, 6) is 1.63. The summed E-state index contributed by atoms with van der Waals surface area (Å²) in [6.45, 7) is 6.68. The molecule has 1 aliphatic heterocycles. The number of anilines is 2. The molecule has 0 saturated carbocycles. The highest BCUT2D eigenvalue weighted by atomic mass is 16.5. The van der Waals surface area contributed by atoms with E-state index >= 15 is 0 Å². The first-order valence-corrected chi connectivity index (χ1v) is 6.77. The standard InChI is InChI=1S/C13H22N4O2/c1-3-4-14-12-9-11(10-18-2)15-13(16-12)17-5-7-19-8-6-17/h9H,3-8,10H2,1-2H3,(H,14,15,16). The minimum Gasteiger partial charge on any atom is -0.378 e. The second-order valence-electron chi connectivity index (χ2n) is 4.50. The van der Waals surface area contributed by atoms with E-state index in [9.17, 15) is 0 Å². The number of nitrogens with zero attached hydrogens (tertiary/aromatic N) is 3. The summed E-state index contributed by atoms with van der Waals surface area (Å²) in [4.78, 5) is 11.3. The van der Waals surface area contributed by atoms with Crippen LogP contribution in [0.2, 0.25) is 0 Å². The summed E-state index contributed by atoms with van der Waals surface area (Å²) >= 11 is 0. The van der Waals surface area contributed by atoms with E-state index in [2.05, 4.69) is 27.1 Å². The fraction of sp³-hybridized carbons (Fsp3) is 0.692. The number of rotatable bonds is 6. The molecule has 1 aliphatic rings. The Morgan fingerprint density at radius 3 is 2.84 bits per heavy atom. The van der Waals surface area contributed by atoms with E-state index in [-0.39, 0.29) is 0 Å². The number of hydrogen-bond acceptors (Lipinski definition) is 6. The monoisotopic (exact) mass is 266 g/mol. The molecule has 0 atom stereocenters. The molecule has 0 spiro atoms. The predicted octanol–water partition coefficient (Wildman–Crippen LogP) is 1.28. The van der Waals surface area contributed by atoms with Crippen molar-refractivity contribution in [3.63, 3.8) is 0 Å². The highest BCUT2D eigenvalue weighted by molar-refractivity contribution is 5.44. The molecule has 0 amide bonds. The smallest absolute Gasteiger partial charge is 0.227 e. The zero-order valence-electron chi connectivity index (χ0n) is 11.7. The van der Waals surface area contributed by atoms with Crippen molar-refractivity contribution < 1.29 is 9.47 Å². The van der Waals surface area contributed by atoms with Crippen LogP contribution in [0, 0.1) is 0 Å². The van der Waals surface area contributed by atoms with Crippen LogP contribution in [0.15, 0.2) is 6.07 Å². The third-order valence-electron chi connectivity index (χ3n) is 2.91. The van der Waals surface area contributed by atoms with Gasteiger partial charge in [0.15, 0.2) is 0 Å². The molecule has 0 radical (unpaired) electrons. The largest absolute Gasteiger partial charge is 0.378 e. The van der Waals surface area contributed by atoms with Gasteiger partial charge in [0.1, 0.15) is 5.82 Å². The fourth-order valence-corrected chi connectivity index (χ4v) is 1.95. The van der Waals surface area contributed by atoms with Gasteiger partial charge in [-0.05, 0) is 6.42 Å². The van der Waals surface area contributed by atoms with Crippen LogP contribution >= 0.6 is 0 Å². The van der Waals surface area contributed by atoms with Gasteiger partial charge in [-0.15, -0.1) is 0 Å². The molecule has 0 unspecified atom stereocenters. The zero-order valence-corrected chi connectivity index (χ0v) is 11.7. The number of hydrogen-bond donors (Lipinski definition) is 1. The van der Waals surface area contributed by atoms with Gasteiger partial charge in [-0.2, -0.15) is 4.98 Å². The van der Waals surface area contributed by atoms with Crippen LogP contribution in [0.25, 0.3) is 0 Å². The molecule has 1 fully saturated rings. The molecule has 0 aromatic carbocycles. The molecule has 0 bridgehead atoms. The van der Waals surface area contributed by atoms with Gasteiger partial charge in [-0.25, -0.2) is 4.98 Å². The van der Waals surface area contributed by atoms with Crippen molar-refractivity contribution >= 4 is 11.8 Å². The second kappa shape index (κ2) is 7.25. The van der Waals surface area contributed by atoms with Crippen LogP contribution < -0.4 is 10.2 Å². The lowest BCUT2D eigenvalue weighted by Crippen LogP contribution is -2.37. The average Bonchev–Trinajstić information content (AvgIpc) is 2.46. The predicted molar refractivity (Wildman–Crippen MR) is 74.6 cm³/mol. The minimum absolute atomic E-state index is 0.501. The summed E-state index contributed by atoms with van der Waals surface area (Å²) in [5.41, 5.74) is 0.901. The first kappa shape index (κ1) is 14.0. The number of ether oxygens (including phenoxy) is 2.